The van der Waals surface area contributed by atoms with Gasteiger partial charge >= 0.3 is 0 Å². The molecule has 1 aliphatic heterocycles. The largest absolute Gasteiger partial charge is 0.426 e. The molecule has 0 amide bonds. The zero-order valence-electron chi connectivity index (χ0n) is 8.57. The molecule has 15 heavy (non-hydrogen) atoms. The van der Waals surface area contributed by atoms with Crippen LogP contribution in [0.25, 0.3) is 11.1 Å². The van der Waals surface area contributed by atoms with Crippen molar-refractivity contribution in [1.82, 2.24) is 0 Å². The van der Waals surface area contributed by atoms with Gasteiger partial charge in [-0.3, -0.25) is 0 Å². The third-order valence-corrected chi connectivity index (χ3v) is 5.23. The molecule has 0 radical (unpaired) electrons. The predicted molar refractivity (Wildman–Crippen MR) is 65.3 cm³/mol. The highest BCUT2D eigenvalue weighted by molar-refractivity contribution is 6.83. The molecule has 0 aromatic heterocycles. The summed E-state index contributed by atoms with van der Waals surface area (Å²) in [5, 5.41) is 2.33. The zero-order chi connectivity index (χ0) is 10.4. The molecule has 2 heteroatoms. The van der Waals surface area contributed by atoms with E-state index in [1.54, 1.807) is 0 Å². The Hall–Kier alpha value is -1.38. The van der Waals surface area contributed by atoms with Crippen LogP contribution in [0, 0.1) is 6.92 Å². The van der Waals surface area contributed by atoms with Crippen molar-refractivity contribution in [3.8, 4) is 11.1 Å². The number of fused-ring (bicyclic) bond motifs is 3. The molecule has 0 bridgehead atoms. The Morgan fingerprint density at radius 2 is 1.67 bits per heavy atom. The average Bonchev–Trinajstić information content (AvgIpc) is 2.54. The van der Waals surface area contributed by atoms with Gasteiger partial charge in [-0.1, -0.05) is 48.0 Å². The highest BCUT2D eigenvalue weighted by Crippen LogP contribution is 2.22. The minimum absolute atomic E-state index is 1.16. The van der Waals surface area contributed by atoms with Crippen molar-refractivity contribution in [3.63, 3.8) is 0 Å². The Morgan fingerprint density at radius 1 is 0.933 bits per heavy atom. The monoisotopic (exact) mass is 212 g/mol. The normalized spacial score (nSPS) is 17.3. The van der Waals surface area contributed by atoms with E-state index in [1.807, 2.05) is 12.1 Å². The SMILES string of the molecule is Cc1ccc2c(c1)-c1ccccc1[SiH]2O. The van der Waals surface area contributed by atoms with Gasteiger partial charge in [-0.25, -0.2) is 0 Å². The van der Waals surface area contributed by atoms with Gasteiger partial charge in [0.1, 0.15) is 0 Å². The maximum Gasteiger partial charge on any atom is 0.237 e. The van der Waals surface area contributed by atoms with Crippen LogP contribution in [0.4, 0.5) is 0 Å². The van der Waals surface area contributed by atoms with Crippen LogP contribution in [-0.4, -0.2) is 13.8 Å². The van der Waals surface area contributed by atoms with E-state index in [0.29, 0.717) is 0 Å². The van der Waals surface area contributed by atoms with Crippen molar-refractivity contribution in [3.05, 3.63) is 48.0 Å². The molecule has 1 atom stereocenters. The van der Waals surface area contributed by atoms with E-state index in [0.717, 1.165) is 5.19 Å². The Bertz CT molecular complexity index is 534. The lowest BCUT2D eigenvalue weighted by atomic mass is 10.0. The van der Waals surface area contributed by atoms with Crippen molar-refractivity contribution in [2.75, 3.05) is 0 Å². The van der Waals surface area contributed by atoms with Gasteiger partial charge in [0.2, 0.25) is 9.04 Å². The van der Waals surface area contributed by atoms with Crippen molar-refractivity contribution in [2.45, 2.75) is 6.92 Å². The topological polar surface area (TPSA) is 20.2 Å². The molecule has 0 spiro atoms. The van der Waals surface area contributed by atoms with Gasteiger partial charge in [0.15, 0.2) is 0 Å². The molecule has 1 N–H and O–H groups in total. The third-order valence-electron chi connectivity index (χ3n) is 3.05. The lowest BCUT2D eigenvalue weighted by Crippen LogP contribution is -2.37. The highest BCUT2D eigenvalue weighted by atomic mass is 28.3. The second-order valence-corrected chi connectivity index (χ2v) is 6.13. The van der Waals surface area contributed by atoms with E-state index in [9.17, 15) is 4.80 Å². The fourth-order valence-electron chi connectivity index (χ4n) is 2.29. The summed E-state index contributed by atoms with van der Waals surface area (Å²) in [5.41, 5.74) is 3.73. The van der Waals surface area contributed by atoms with Crippen LogP contribution in [0.2, 0.25) is 0 Å². The molecule has 2 aromatic rings. The summed E-state index contributed by atoms with van der Waals surface area (Å²) in [6.07, 6.45) is 0. The van der Waals surface area contributed by atoms with E-state index < -0.39 is 9.04 Å². The van der Waals surface area contributed by atoms with Gasteiger partial charge in [-0.05, 0) is 28.4 Å². The van der Waals surface area contributed by atoms with E-state index in [-0.39, 0.29) is 0 Å². The standard InChI is InChI=1S/C13H12OSi/c1-9-6-7-13-11(8-9)10-4-2-3-5-12(10)15(13)14/h2-8,14-15H,1H3. The summed E-state index contributed by atoms with van der Waals surface area (Å²) in [6.45, 7) is 2.09. The van der Waals surface area contributed by atoms with Crippen molar-refractivity contribution in [1.29, 1.82) is 0 Å². The Balaban J connectivity index is 2.34. The summed E-state index contributed by atoms with van der Waals surface area (Å²) in [4.78, 5) is 10.3. The molecule has 0 saturated heterocycles. The molecular weight excluding hydrogens is 200 g/mol. The first-order valence-electron chi connectivity index (χ1n) is 5.15. The smallest absolute Gasteiger partial charge is 0.237 e. The molecule has 0 aliphatic carbocycles. The fourth-order valence-corrected chi connectivity index (χ4v) is 4.28. The first-order chi connectivity index (χ1) is 7.27. The van der Waals surface area contributed by atoms with Crippen molar-refractivity contribution < 1.29 is 4.80 Å². The molecule has 1 aliphatic rings. The Morgan fingerprint density at radius 3 is 2.53 bits per heavy atom. The fraction of sp³-hybridized carbons (Fsp3) is 0.0769. The minimum atomic E-state index is -1.87. The second-order valence-electron chi connectivity index (χ2n) is 4.08. The summed E-state index contributed by atoms with van der Waals surface area (Å²) in [5.74, 6) is 0. The molecule has 2 aromatic carbocycles. The summed E-state index contributed by atoms with van der Waals surface area (Å²) in [6, 6.07) is 14.6. The molecule has 1 heterocycles. The molecule has 0 saturated carbocycles. The number of rotatable bonds is 0. The zero-order valence-corrected chi connectivity index (χ0v) is 9.72. The van der Waals surface area contributed by atoms with E-state index in [2.05, 4.69) is 37.3 Å². The first-order valence-corrected chi connectivity index (χ1v) is 6.82. The van der Waals surface area contributed by atoms with Crippen LogP contribution in [0.15, 0.2) is 42.5 Å². The lowest BCUT2D eigenvalue weighted by Gasteiger charge is -2.02. The van der Waals surface area contributed by atoms with Crippen LogP contribution in [0.1, 0.15) is 5.56 Å². The average molecular weight is 212 g/mol. The summed E-state index contributed by atoms with van der Waals surface area (Å²) < 4.78 is 0. The summed E-state index contributed by atoms with van der Waals surface area (Å²) in [7, 11) is -1.87. The van der Waals surface area contributed by atoms with Gasteiger partial charge in [0.05, 0.1) is 0 Å². The number of benzene rings is 2. The van der Waals surface area contributed by atoms with Gasteiger partial charge < -0.3 is 4.80 Å². The third kappa shape index (κ3) is 1.19. The maximum atomic E-state index is 10.3. The van der Waals surface area contributed by atoms with Gasteiger partial charge in [0.25, 0.3) is 0 Å². The van der Waals surface area contributed by atoms with Crippen LogP contribution in [-0.2, 0) is 0 Å². The van der Waals surface area contributed by atoms with Gasteiger partial charge in [0, 0.05) is 0 Å². The van der Waals surface area contributed by atoms with Crippen molar-refractivity contribution >= 4 is 19.4 Å². The van der Waals surface area contributed by atoms with E-state index >= 15 is 0 Å². The lowest BCUT2D eigenvalue weighted by molar-refractivity contribution is 0.601. The van der Waals surface area contributed by atoms with Crippen LogP contribution in [0.3, 0.4) is 0 Å². The van der Waals surface area contributed by atoms with Gasteiger partial charge in [-0.15, -0.1) is 0 Å². The highest BCUT2D eigenvalue weighted by Gasteiger charge is 2.27. The molecule has 74 valence electrons. The Labute approximate surface area is 90.7 Å². The molecular formula is C13H12OSi. The summed E-state index contributed by atoms with van der Waals surface area (Å²) >= 11 is 0. The number of hydrogen-bond acceptors (Lipinski definition) is 1. The quantitative estimate of drug-likeness (QED) is 0.641. The van der Waals surface area contributed by atoms with Crippen molar-refractivity contribution in [2.24, 2.45) is 0 Å². The van der Waals surface area contributed by atoms with E-state index in [4.69, 9.17) is 0 Å². The molecule has 1 nitrogen and oxygen atoms in total. The maximum absolute atomic E-state index is 10.3. The number of hydrogen-bond donors (Lipinski definition) is 1. The van der Waals surface area contributed by atoms with Gasteiger partial charge in [-0.2, -0.15) is 0 Å². The van der Waals surface area contributed by atoms with Crippen LogP contribution < -0.4 is 10.4 Å². The second kappa shape index (κ2) is 3.05. The number of aryl methyl sites for hydroxylation is 1. The minimum Gasteiger partial charge on any atom is -0.426 e. The van der Waals surface area contributed by atoms with Crippen LogP contribution >= 0.6 is 0 Å². The molecule has 0 fully saturated rings. The predicted octanol–water partition coefficient (Wildman–Crippen LogP) is 0.806. The molecule has 3 rings (SSSR count). The Kier molecular flexibility index (Phi) is 1.81. The first kappa shape index (κ1) is 8.89. The van der Waals surface area contributed by atoms with Crippen LogP contribution in [0.5, 0.6) is 0 Å². The van der Waals surface area contributed by atoms with E-state index in [1.165, 1.54) is 21.9 Å². The molecule has 1 unspecified atom stereocenters.